The normalized spacial score (nSPS) is 44.4. The summed E-state index contributed by atoms with van der Waals surface area (Å²) in [7, 11) is 4.39. The summed E-state index contributed by atoms with van der Waals surface area (Å²) in [6.07, 6.45) is 2.70. The van der Waals surface area contributed by atoms with E-state index in [4.69, 9.17) is 0 Å². The van der Waals surface area contributed by atoms with Crippen molar-refractivity contribution in [1.29, 1.82) is 0 Å². The molecule has 0 bridgehead atoms. The number of hydrogen-bond donors (Lipinski definition) is 2. The molecule has 0 saturated carbocycles. The molecular formula is C15H30N4. The third-order valence-corrected chi connectivity index (χ3v) is 5.79. The largest absolute Gasteiger partial charge is 0.311 e. The number of hydrazine groups is 1. The highest BCUT2D eigenvalue weighted by molar-refractivity contribution is 5.07. The van der Waals surface area contributed by atoms with Crippen molar-refractivity contribution in [3.05, 3.63) is 0 Å². The van der Waals surface area contributed by atoms with Crippen LogP contribution in [0.1, 0.15) is 26.7 Å². The fourth-order valence-electron chi connectivity index (χ4n) is 4.66. The van der Waals surface area contributed by atoms with Crippen LogP contribution in [0.5, 0.6) is 0 Å². The van der Waals surface area contributed by atoms with Gasteiger partial charge in [-0.05, 0) is 51.2 Å². The molecule has 0 aromatic carbocycles. The molecule has 3 aliphatic heterocycles. The Morgan fingerprint density at radius 3 is 2.63 bits per heavy atom. The predicted octanol–water partition coefficient (Wildman–Crippen LogP) is 0.759. The van der Waals surface area contributed by atoms with Crippen molar-refractivity contribution in [3.63, 3.8) is 0 Å². The van der Waals surface area contributed by atoms with E-state index in [1.165, 1.54) is 25.9 Å². The number of nitrogens with one attached hydrogen (secondary N) is 2. The van der Waals surface area contributed by atoms with E-state index in [0.29, 0.717) is 6.04 Å². The van der Waals surface area contributed by atoms with Gasteiger partial charge in [0.1, 0.15) is 0 Å². The van der Waals surface area contributed by atoms with Crippen LogP contribution in [0.25, 0.3) is 0 Å². The molecule has 3 fully saturated rings. The Morgan fingerprint density at radius 1 is 1.26 bits per heavy atom. The van der Waals surface area contributed by atoms with Gasteiger partial charge in [-0.3, -0.25) is 5.43 Å². The quantitative estimate of drug-likeness (QED) is 0.789. The fourth-order valence-corrected chi connectivity index (χ4v) is 4.66. The second-order valence-corrected chi connectivity index (χ2v) is 7.14. The molecule has 0 amide bonds. The van der Waals surface area contributed by atoms with E-state index in [1.54, 1.807) is 0 Å². The average molecular weight is 266 g/mol. The lowest BCUT2D eigenvalue weighted by atomic mass is 9.74. The molecule has 3 rings (SSSR count). The Labute approximate surface area is 117 Å². The number of hydrogen-bond acceptors (Lipinski definition) is 4. The lowest BCUT2D eigenvalue weighted by molar-refractivity contribution is 0.01000. The first-order valence-electron chi connectivity index (χ1n) is 7.99. The molecule has 0 aromatic rings. The maximum absolute atomic E-state index is 3.60. The smallest absolute Gasteiger partial charge is 0.0525 e. The molecule has 19 heavy (non-hydrogen) atoms. The van der Waals surface area contributed by atoms with Crippen molar-refractivity contribution in [2.75, 3.05) is 33.7 Å². The Balaban J connectivity index is 1.77. The second-order valence-electron chi connectivity index (χ2n) is 7.14. The van der Waals surface area contributed by atoms with Gasteiger partial charge >= 0.3 is 0 Å². The van der Waals surface area contributed by atoms with Gasteiger partial charge in [-0.15, -0.1) is 0 Å². The van der Waals surface area contributed by atoms with Crippen LogP contribution in [0.4, 0.5) is 0 Å². The van der Waals surface area contributed by atoms with Crippen LogP contribution in [0.2, 0.25) is 0 Å². The second kappa shape index (κ2) is 5.32. The van der Waals surface area contributed by atoms with Crippen LogP contribution in [-0.4, -0.2) is 61.8 Å². The van der Waals surface area contributed by atoms with Gasteiger partial charge in [-0.25, -0.2) is 5.01 Å². The highest BCUT2D eigenvalue weighted by Crippen LogP contribution is 2.40. The molecule has 3 aliphatic rings. The molecule has 3 heterocycles. The first-order chi connectivity index (χ1) is 9.11. The van der Waals surface area contributed by atoms with Gasteiger partial charge in [0.15, 0.2) is 0 Å². The molecule has 0 aromatic heterocycles. The van der Waals surface area contributed by atoms with Gasteiger partial charge < -0.3 is 10.2 Å². The third-order valence-electron chi connectivity index (χ3n) is 5.79. The van der Waals surface area contributed by atoms with Gasteiger partial charge in [0.05, 0.1) is 6.04 Å². The zero-order chi connectivity index (χ0) is 13.6. The monoisotopic (exact) mass is 266 g/mol. The number of likely N-dealkylation sites (tertiary alicyclic amines) is 1. The number of rotatable bonds is 3. The Hall–Kier alpha value is -0.160. The summed E-state index contributed by atoms with van der Waals surface area (Å²) in [5, 5.41) is 6.17. The highest BCUT2D eigenvalue weighted by Gasteiger charge is 2.50. The molecule has 0 radical (unpaired) electrons. The molecule has 3 saturated heterocycles. The van der Waals surface area contributed by atoms with Crippen LogP contribution in [0.3, 0.4) is 0 Å². The van der Waals surface area contributed by atoms with E-state index in [9.17, 15) is 0 Å². The van der Waals surface area contributed by atoms with Gasteiger partial charge in [0.2, 0.25) is 0 Å². The van der Waals surface area contributed by atoms with E-state index in [-0.39, 0.29) is 0 Å². The minimum Gasteiger partial charge on any atom is -0.311 e. The molecule has 4 nitrogen and oxygen atoms in total. The van der Waals surface area contributed by atoms with Crippen LogP contribution in [-0.2, 0) is 0 Å². The van der Waals surface area contributed by atoms with Crippen molar-refractivity contribution in [3.8, 4) is 0 Å². The van der Waals surface area contributed by atoms with Crippen molar-refractivity contribution < 1.29 is 0 Å². The Morgan fingerprint density at radius 2 is 2.05 bits per heavy atom. The lowest BCUT2D eigenvalue weighted by Gasteiger charge is -2.45. The van der Waals surface area contributed by atoms with E-state index >= 15 is 0 Å². The molecule has 2 N–H and O–H groups in total. The maximum Gasteiger partial charge on any atom is 0.0525 e. The summed E-state index contributed by atoms with van der Waals surface area (Å²) < 4.78 is 0. The molecule has 5 unspecified atom stereocenters. The van der Waals surface area contributed by atoms with Gasteiger partial charge in [0.25, 0.3) is 0 Å². The zero-order valence-electron chi connectivity index (χ0n) is 12.9. The summed E-state index contributed by atoms with van der Waals surface area (Å²) in [6, 6.07) is 2.18. The Kier molecular flexibility index (Phi) is 3.87. The van der Waals surface area contributed by atoms with Gasteiger partial charge in [-0.1, -0.05) is 13.8 Å². The minimum absolute atomic E-state index is 0.713. The first kappa shape index (κ1) is 13.8. The summed E-state index contributed by atoms with van der Waals surface area (Å²) in [6.45, 7) is 8.53. The van der Waals surface area contributed by atoms with E-state index < -0.39 is 0 Å². The lowest BCUT2D eigenvalue weighted by Crippen LogP contribution is -2.63. The number of piperidine rings is 1. The SMILES string of the molecule is CNN1C2CNC2CC1C1CN(C)CCC1C(C)C. The number of fused-ring (bicyclic) bond motifs is 1. The molecule has 0 aliphatic carbocycles. The predicted molar refractivity (Wildman–Crippen MR) is 78.8 cm³/mol. The third kappa shape index (κ3) is 2.33. The van der Waals surface area contributed by atoms with Gasteiger partial charge in [0, 0.05) is 25.2 Å². The molecule has 5 atom stereocenters. The first-order valence-corrected chi connectivity index (χ1v) is 7.99. The number of nitrogens with zero attached hydrogens (tertiary/aromatic N) is 2. The fraction of sp³-hybridized carbons (Fsp3) is 1.00. The van der Waals surface area contributed by atoms with Crippen molar-refractivity contribution in [2.45, 2.75) is 44.8 Å². The summed E-state index contributed by atoms with van der Waals surface area (Å²) >= 11 is 0. The summed E-state index contributed by atoms with van der Waals surface area (Å²) in [5.41, 5.74) is 3.49. The minimum atomic E-state index is 0.713. The van der Waals surface area contributed by atoms with E-state index in [1.807, 2.05) is 0 Å². The van der Waals surface area contributed by atoms with Crippen LogP contribution >= 0.6 is 0 Å². The van der Waals surface area contributed by atoms with Crippen LogP contribution < -0.4 is 10.7 Å². The maximum atomic E-state index is 3.60. The molecule has 0 spiro atoms. The topological polar surface area (TPSA) is 30.5 Å². The standard InChI is InChI=1S/C15H30N4/c1-10(2)11-5-6-18(4)9-12(11)14-7-13-15(8-17-13)19(14)16-3/h10-17H,5-9H2,1-4H3. The van der Waals surface area contributed by atoms with Crippen molar-refractivity contribution in [1.82, 2.24) is 20.7 Å². The molecule has 4 heteroatoms. The van der Waals surface area contributed by atoms with E-state index in [0.717, 1.165) is 36.4 Å². The van der Waals surface area contributed by atoms with E-state index in [2.05, 4.69) is 48.6 Å². The zero-order valence-corrected chi connectivity index (χ0v) is 12.9. The highest BCUT2D eigenvalue weighted by atomic mass is 15.6. The summed E-state index contributed by atoms with van der Waals surface area (Å²) in [4.78, 5) is 2.53. The Bertz CT molecular complexity index is 319. The summed E-state index contributed by atoms with van der Waals surface area (Å²) in [5.74, 6) is 2.51. The average Bonchev–Trinajstić information content (AvgIpc) is 2.60. The van der Waals surface area contributed by atoms with Crippen molar-refractivity contribution in [2.24, 2.45) is 17.8 Å². The van der Waals surface area contributed by atoms with Crippen LogP contribution in [0, 0.1) is 17.8 Å². The molecule has 110 valence electrons. The molecular weight excluding hydrogens is 236 g/mol. The van der Waals surface area contributed by atoms with Crippen molar-refractivity contribution >= 4 is 0 Å². The van der Waals surface area contributed by atoms with Crippen LogP contribution in [0.15, 0.2) is 0 Å². The van der Waals surface area contributed by atoms with Gasteiger partial charge in [-0.2, -0.15) is 0 Å².